The number of aliphatic imine (C=N–C) groups is 1. The highest BCUT2D eigenvalue weighted by Crippen LogP contribution is 2.04. The molecule has 1 aromatic rings. The summed E-state index contributed by atoms with van der Waals surface area (Å²) in [6.07, 6.45) is 0. The van der Waals surface area contributed by atoms with Gasteiger partial charge in [0.25, 0.3) is 0 Å². The number of guanidine groups is 1. The van der Waals surface area contributed by atoms with Crippen molar-refractivity contribution in [3.63, 3.8) is 0 Å². The van der Waals surface area contributed by atoms with E-state index in [2.05, 4.69) is 20.6 Å². The van der Waals surface area contributed by atoms with Gasteiger partial charge < -0.3 is 15.4 Å². The van der Waals surface area contributed by atoms with Crippen LogP contribution in [0.2, 0.25) is 0 Å². The zero-order valence-electron chi connectivity index (χ0n) is 12.9. The Morgan fingerprint density at radius 3 is 2.60 bits per heavy atom. The summed E-state index contributed by atoms with van der Waals surface area (Å²) in [4.78, 5) is 8.61. The Bertz CT molecular complexity index is 435. The van der Waals surface area contributed by atoms with Gasteiger partial charge in [-0.3, -0.25) is 9.98 Å². The first-order valence-electron chi connectivity index (χ1n) is 6.39. The molecular weight excluding hydrogens is 367 g/mol. The van der Waals surface area contributed by atoms with Gasteiger partial charge in [-0.1, -0.05) is 6.07 Å². The Balaban J connectivity index is 0.00000361. The molecule has 114 valence electrons. The molecule has 0 bridgehead atoms. The molecule has 0 fully saturated rings. The molecule has 0 aliphatic carbocycles. The number of nitrogens with zero attached hydrogens (tertiary/aromatic N) is 2. The zero-order valence-corrected chi connectivity index (χ0v) is 15.2. The summed E-state index contributed by atoms with van der Waals surface area (Å²) >= 11 is 0. The lowest BCUT2D eigenvalue weighted by Crippen LogP contribution is -2.45. The molecule has 0 radical (unpaired) electrons. The van der Waals surface area contributed by atoms with Gasteiger partial charge in [-0.15, -0.1) is 24.0 Å². The summed E-state index contributed by atoms with van der Waals surface area (Å²) in [6.45, 7) is 7.36. The number of nitrogens with one attached hydrogen (secondary N) is 2. The highest BCUT2D eigenvalue weighted by molar-refractivity contribution is 14.0. The minimum absolute atomic E-state index is 0. The van der Waals surface area contributed by atoms with E-state index in [9.17, 15) is 0 Å². The van der Waals surface area contributed by atoms with Crippen molar-refractivity contribution in [1.29, 1.82) is 0 Å². The molecule has 0 aliphatic rings. The molecule has 0 aromatic carbocycles. The molecule has 0 saturated heterocycles. The molecule has 0 amide bonds. The number of pyridine rings is 1. The second kappa shape index (κ2) is 9.12. The lowest BCUT2D eigenvalue weighted by atomic mass is 10.1. The quantitative estimate of drug-likeness (QED) is 0.458. The summed E-state index contributed by atoms with van der Waals surface area (Å²) in [7, 11) is 3.45. The van der Waals surface area contributed by atoms with Gasteiger partial charge in [-0.2, -0.15) is 0 Å². The summed E-state index contributed by atoms with van der Waals surface area (Å²) in [5.74, 6) is 0.744. The Labute approximate surface area is 138 Å². The van der Waals surface area contributed by atoms with Crippen LogP contribution < -0.4 is 10.6 Å². The third-order valence-electron chi connectivity index (χ3n) is 2.84. The van der Waals surface area contributed by atoms with Gasteiger partial charge in [-0.05, 0) is 32.9 Å². The van der Waals surface area contributed by atoms with E-state index in [4.69, 9.17) is 4.74 Å². The van der Waals surface area contributed by atoms with Crippen molar-refractivity contribution in [1.82, 2.24) is 15.6 Å². The van der Waals surface area contributed by atoms with E-state index in [-0.39, 0.29) is 29.6 Å². The summed E-state index contributed by atoms with van der Waals surface area (Å²) < 4.78 is 5.35. The van der Waals surface area contributed by atoms with E-state index in [1.165, 1.54) is 0 Å². The summed E-state index contributed by atoms with van der Waals surface area (Å²) in [5.41, 5.74) is 1.79. The van der Waals surface area contributed by atoms with Gasteiger partial charge in [-0.25, -0.2) is 0 Å². The topological polar surface area (TPSA) is 58.5 Å². The maximum atomic E-state index is 5.35. The highest BCUT2D eigenvalue weighted by Gasteiger charge is 2.16. The van der Waals surface area contributed by atoms with Crippen LogP contribution in [0.1, 0.15) is 25.2 Å². The van der Waals surface area contributed by atoms with Crippen molar-refractivity contribution in [2.45, 2.75) is 32.9 Å². The Kier molecular flexibility index (Phi) is 8.71. The number of rotatable bonds is 5. The first-order valence-corrected chi connectivity index (χ1v) is 6.39. The Morgan fingerprint density at radius 1 is 1.35 bits per heavy atom. The third-order valence-corrected chi connectivity index (χ3v) is 2.84. The highest BCUT2D eigenvalue weighted by atomic mass is 127. The van der Waals surface area contributed by atoms with Crippen LogP contribution in [0.3, 0.4) is 0 Å². The third kappa shape index (κ3) is 7.04. The van der Waals surface area contributed by atoms with Crippen molar-refractivity contribution >= 4 is 29.9 Å². The van der Waals surface area contributed by atoms with Crippen LogP contribution in [0.15, 0.2) is 23.2 Å². The van der Waals surface area contributed by atoms with Crippen molar-refractivity contribution in [2.75, 3.05) is 20.7 Å². The van der Waals surface area contributed by atoms with E-state index >= 15 is 0 Å². The van der Waals surface area contributed by atoms with Gasteiger partial charge >= 0.3 is 0 Å². The van der Waals surface area contributed by atoms with Crippen LogP contribution in [0.5, 0.6) is 0 Å². The van der Waals surface area contributed by atoms with Crippen LogP contribution in [-0.4, -0.2) is 37.2 Å². The van der Waals surface area contributed by atoms with E-state index in [1.54, 1.807) is 14.2 Å². The van der Waals surface area contributed by atoms with E-state index in [0.29, 0.717) is 13.1 Å². The minimum Gasteiger partial charge on any atom is -0.377 e. The van der Waals surface area contributed by atoms with Crippen molar-refractivity contribution in [2.24, 2.45) is 4.99 Å². The number of aryl methyl sites for hydroxylation is 1. The standard InChI is InChI=1S/C14H24N4O.HI/c1-11-7-6-8-12(18-11)9-16-13(15-4)17-10-14(2,3)19-5;/h6-8H,9-10H2,1-5H3,(H2,15,16,17);1H. The summed E-state index contributed by atoms with van der Waals surface area (Å²) in [6, 6.07) is 5.98. The second-order valence-corrected chi connectivity index (χ2v) is 5.01. The van der Waals surface area contributed by atoms with Crippen LogP contribution >= 0.6 is 24.0 Å². The fraction of sp³-hybridized carbons (Fsp3) is 0.571. The van der Waals surface area contributed by atoms with Gasteiger partial charge in [0.1, 0.15) is 0 Å². The molecule has 20 heavy (non-hydrogen) atoms. The first kappa shape index (κ1) is 19.1. The van der Waals surface area contributed by atoms with E-state index in [1.807, 2.05) is 39.0 Å². The average molecular weight is 392 g/mol. The molecular formula is C14H25IN4O. The first-order chi connectivity index (χ1) is 8.96. The van der Waals surface area contributed by atoms with Crippen LogP contribution in [0.25, 0.3) is 0 Å². The van der Waals surface area contributed by atoms with E-state index < -0.39 is 0 Å². The molecule has 0 unspecified atom stereocenters. The van der Waals surface area contributed by atoms with Gasteiger partial charge in [0.2, 0.25) is 0 Å². The minimum atomic E-state index is -0.223. The molecule has 5 nitrogen and oxygen atoms in total. The number of hydrogen-bond donors (Lipinski definition) is 2. The molecule has 0 atom stereocenters. The predicted octanol–water partition coefficient (Wildman–Crippen LogP) is 2.10. The van der Waals surface area contributed by atoms with Crippen LogP contribution in [0, 0.1) is 6.92 Å². The maximum absolute atomic E-state index is 5.35. The number of hydrogen-bond acceptors (Lipinski definition) is 3. The predicted molar refractivity (Wildman–Crippen MR) is 93.7 cm³/mol. The fourth-order valence-electron chi connectivity index (χ4n) is 1.46. The van der Waals surface area contributed by atoms with Crippen LogP contribution in [-0.2, 0) is 11.3 Å². The molecule has 1 rings (SSSR count). The molecule has 0 aliphatic heterocycles. The lowest BCUT2D eigenvalue weighted by molar-refractivity contribution is 0.0268. The zero-order chi connectivity index (χ0) is 14.3. The molecule has 2 N–H and O–H groups in total. The Hall–Kier alpha value is -0.890. The molecule has 1 aromatic heterocycles. The van der Waals surface area contributed by atoms with Gasteiger partial charge in [0.05, 0.1) is 17.8 Å². The monoisotopic (exact) mass is 392 g/mol. The number of halogens is 1. The van der Waals surface area contributed by atoms with E-state index in [0.717, 1.165) is 17.3 Å². The molecule has 0 spiro atoms. The van der Waals surface area contributed by atoms with Crippen LogP contribution in [0.4, 0.5) is 0 Å². The lowest BCUT2D eigenvalue weighted by Gasteiger charge is -2.24. The molecule has 1 heterocycles. The number of methoxy groups -OCH3 is 1. The van der Waals surface area contributed by atoms with Crippen molar-refractivity contribution < 1.29 is 4.74 Å². The normalized spacial score (nSPS) is 11.8. The van der Waals surface area contributed by atoms with Crippen molar-refractivity contribution in [3.8, 4) is 0 Å². The molecule has 0 saturated carbocycles. The average Bonchev–Trinajstić information content (AvgIpc) is 2.39. The molecule has 6 heteroatoms. The largest absolute Gasteiger partial charge is 0.377 e. The second-order valence-electron chi connectivity index (χ2n) is 5.01. The maximum Gasteiger partial charge on any atom is 0.191 e. The SMILES string of the molecule is CN=C(NCc1cccc(C)n1)NCC(C)(C)OC.I. The number of aromatic nitrogens is 1. The smallest absolute Gasteiger partial charge is 0.191 e. The fourth-order valence-corrected chi connectivity index (χ4v) is 1.46. The van der Waals surface area contributed by atoms with Gasteiger partial charge in [0.15, 0.2) is 5.96 Å². The summed E-state index contributed by atoms with van der Waals surface area (Å²) in [5, 5.41) is 6.46. The van der Waals surface area contributed by atoms with Crippen molar-refractivity contribution in [3.05, 3.63) is 29.6 Å². The van der Waals surface area contributed by atoms with Gasteiger partial charge in [0, 0.05) is 26.4 Å². The Morgan fingerprint density at radius 2 is 2.05 bits per heavy atom. The number of ether oxygens (including phenoxy) is 1.